The second-order valence-electron chi connectivity index (χ2n) is 5.06. The lowest BCUT2D eigenvalue weighted by atomic mass is 9.99. The molecule has 0 amide bonds. The molecule has 0 bridgehead atoms. The Balaban J connectivity index is 2.05. The van der Waals surface area contributed by atoms with Crippen LogP contribution < -0.4 is 5.73 Å². The van der Waals surface area contributed by atoms with Gasteiger partial charge in [-0.05, 0) is 30.7 Å². The molecule has 1 aromatic heterocycles. The molecule has 0 aliphatic carbocycles. The Hall–Kier alpha value is -1.77. The lowest BCUT2D eigenvalue weighted by Gasteiger charge is -2.05. The fraction of sp³-hybridized carbons (Fsp3) is 0.400. The molecular formula is C15H20N2O. The number of nitrogens with two attached hydrogens (primary N) is 1. The number of hydrogen-bond donors (Lipinski definition) is 1. The van der Waals surface area contributed by atoms with E-state index in [4.69, 9.17) is 10.3 Å². The summed E-state index contributed by atoms with van der Waals surface area (Å²) in [6, 6.07) is 10.4. The Morgan fingerprint density at radius 2 is 1.89 bits per heavy atom. The van der Waals surface area contributed by atoms with Crippen molar-refractivity contribution in [2.24, 2.45) is 5.92 Å². The van der Waals surface area contributed by atoms with E-state index in [1.165, 1.54) is 5.56 Å². The first-order valence-electron chi connectivity index (χ1n) is 6.43. The summed E-state index contributed by atoms with van der Waals surface area (Å²) in [5, 5.41) is 4.08. The number of hydrogen-bond acceptors (Lipinski definition) is 3. The largest absolute Gasteiger partial charge is 0.367 e. The topological polar surface area (TPSA) is 52.0 Å². The molecule has 0 saturated carbocycles. The summed E-state index contributed by atoms with van der Waals surface area (Å²) in [7, 11) is 0. The fourth-order valence-corrected chi connectivity index (χ4v) is 2.09. The van der Waals surface area contributed by atoms with Crippen LogP contribution in [0.5, 0.6) is 0 Å². The predicted octanol–water partition coefficient (Wildman–Crippen LogP) is 3.24. The summed E-state index contributed by atoms with van der Waals surface area (Å²) in [5.74, 6) is 1.04. The number of aromatic nitrogens is 1. The minimum absolute atomic E-state index is 0.478. The van der Waals surface area contributed by atoms with Crippen molar-refractivity contribution in [2.45, 2.75) is 33.1 Å². The highest BCUT2D eigenvalue weighted by Crippen LogP contribution is 2.21. The second kappa shape index (κ2) is 5.71. The molecule has 96 valence electrons. The monoisotopic (exact) mass is 244 g/mol. The molecule has 3 heteroatoms. The van der Waals surface area contributed by atoms with Crippen LogP contribution in [0, 0.1) is 5.92 Å². The molecule has 0 fully saturated rings. The molecule has 1 heterocycles. The van der Waals surface area contributed by atoms with Crippen LogP contribution in [0.4, 0.5) is 5.88 Å². The van der Waals surface area contributed by atoms with Crippen molar-refractivity contribution in [3.05, 3.63) is 47.2 Å². The summed E-state index contributed by atoms with van der Waals surface area (Å²) in [5.41, 5.74) is 9.23. The zero-order valence-corrected chi connectivity index (χ0v) is 11.0. The van der Waals surface area contributed by atoms with Crippen LogP contribution in [0.3, 0.4) is 0 Å². The van der Waals surface area contributed by atoms with Crippen molar-refractivity contribution < 1.29 is 4.52 Å². The first-order chi connectivity index (χ1) is 8.66. The van der Waals surface area contributed by atoms with Gasteiger partial charge in [-0.1, -0.05) is 49.3 Å². The summed E-state index contributed by atoms with van der Waals surface area (Å²) < 4.78 is 5.11. The molecule has 0 unspecified atom stereocenters. The van der Waals surface area contributed by atoms with Gasteiger partial charge in [0.05, 0.1) is 5.69 Å². The normalized spacial score (nSPS) is 11.1. The van der Waals surface area contributed by atoms with Gasteiger partial charge in [-0.2, -0.15) is 0 Å². The van der Waals surface area contributed by atoms with Crippen LogP contribution in [0.15, 0.2) is 34.9 Å². The number of nitrogen functional groups attached to an aromatic ring is 1. The number of nitrogens with zero attached hydrogens (tertiary/aromatic N) is 1. The smallest absolute Gasteiger partial charge is 0.225 e. The van der Waals surface area contributed by atoms with Crippen LogP contribution in [0.1, 0.15) is 30.7 Å². The van der Waals surface area contributed by atoms with Crippen molar-refractivity contribution in [1.82, 2.24) is 5.16 Å². The van der Waals surface area contributed by atoms with E-state index in [9.17, 15) is 0 Å². The molecule has 0 saturated heterocycles. The standard InChI is InChI=1S/C15H20N2O/c1-11(2)10-13-14(17-18-15(13)16)9-8-12-6-4-3-5-7-12/h3-7,11H,8-10,16H2,1-2H3. The van der Waals surface area contributed by atoms with Gasteiger partial charge in [0, 0.05) is 5.56 Å². The molecule has 18 heavy (non-hydrogen) atoms. The minimum Gasteiger partial charge on any atom is -0.367 e. The molecule has 0 spiro atoms. The average molecular weight is 244 g/mol. The predicted molar refractivity (Wildman–Crippen MR) is 73.3 cm³/mol. The lowest BCUT2D eigenvalue weighted by molar-refractivity contribution is 0.427. The van der Waals surface area contributed by atoms with Gasteiger partial charge < -0.3 is 10.3 Å². The molecule has 0 atom stereocenters. The van der Waals surface area contributed by atoms with Gasteiger partial charge in [0.15, 0.2) is 0 Å². The summed E-state index contributed by atoms with van der Waals surface area (Å²) in [6.45, 7) is 4.35. The zero-order valence-electron chi connectivity index (χ0n) is 11.0. The number of anilines is 1. The van der Waals surface area contributed by atoms with Gasteiger partial charge in [-0.25, -0.2) is 0 Å². The second-order valence-corrected chi connectivity index (χ2v) is 5.06. The fourth-order valence-electron chi connectivity index (χ4n) is 2.09. The van der Waals surface area contributed by atoms with Gasteiger partial charge in [0.25, 0.3) is 0 Å². The van der Waals surface area contributed by atoms with Crippen LogP contribution in [0.25, 0.3) is 0 Å². The van der Waals surface area contributed by atoms with E-state index in [1.807, 2.05) is 6.07 Å². The molecule has 2 aromatic rings. The highest BCUT2D eigenvalue weighted by molar-refractivity contribution is 5.39. The maximum atomic E-state index is 5.83. The van der Waals surface area contributed by atoms with E-state index in [0.29, 0.717) is 11.8 Å². The van der Waals surface area contributed by atoms with Gasteiger partial charge >= 0.3 is 0 Å². The Labute approximate surface area is 108 Å². The van der Waals surface area contributed by atoms with Crippen molar-refractivity contribution in [1.29, 1.82) is 0 Å². The Morgan fingerprint density at radius 1 is 1.17 bits per heavy atom. The lowest BCUT2D eigenvalue weighted by Crippen LogP contribution is -2.02. The van der Waals surface area contributed by atoms with Crippen LogP contribution in [-0.4, -0.2) is 5.16 Å². The molecule has 2 rings (SSSR count). The molecular weight excluding hydrogens is 224 g/mol. The maximum Gasteiger partial charge on any atom is 0.225 e. The maximum absolute atomic E-state index is 5.83. The van der Waals surface area contributed by atoms with Crippen LogP contribution in [0.2, 0.25) is 0 Å². The van der Waals surface area contributed by atoms with Crippen molar-refractivity contribution in [2.75, 3.05) is 5.73 Å². The van der Waals surface area contributed by atoms with E-state index in [0.717, 1.165) is 30.5 Å². The third-order valence-electron chi connectivity index (χ3n) is 3.01. The van der Waals surface area contributed by atoms with Crippen molar-refractivity contribution in [3.63, 3.8) is 0 Å². The number of rotatable bonds is 5. The van der Waals surface area contributed by atoms with E-state index in [1.54, 1.807) is 0 Å². The van der Waals surface area contributed by atoms with Crippen LogP contribution >= 0.6 is 0 Å². The first kappa shape index (κ1) is 12.7. The quantitative estimate of drug-likeness (QED) is 0.878. The Morgan fingerprint density at radius 3 is 2.56 bits per heavy atom. The average Bonchev–Trinajstić information content (AvgIpc) is 2.69. The zero-order chi connectivity index (χ0) is 13.0. The number of benzene rings is 1. The molecule has 1 aromatic carbocycles. The van der Waals surface area contributed by atoms with E-state index >= 15 is 0 Å². The highest BCUT2D eigenvalue weighted by Gasteiger charge is 2.14. The van der Waals surface area contributed by atoms with Crippen LogP contribution in [-0.2, 0) is 19.3 Å². The van der Waals surface area contributed by atoms with E-state index in [-0.39, 0.29) is 0 Å². The highest BCUT2D eigenvalue weighted by atomic mass is 16.5. The first-order valence-corrected chi connectivity index (χ1v) is 6.43. The molecule has 0 aliphatic heterocycles. The van der Waals surface area contributed by atoms with E-state index in [2.05, 4.69) is 43.3 Å². The molecule has 2 N–H and O–H groups in total. The number of aryl methyl sites for hydroxylation is 2. The summed E-state index contributed by atoms with van der Waals surface area (Å²) in [4.78, 5) is 0. The van der Waals surface area contributed by atoms with E-state index < -0.39 is 0 Å². The SMILES string of the molecule is CC(C)Cc1c(CCc2ccccc2)noc1N. The van der Waals surface area contributed by atoms with Gasteiger partial charge in [-0.15, -0.1) is 0 Å². The van der Waals surface area contributed by atoms with Crippen molar-refractivity contribution in [3.8, 4) is 0 Å². The summed E-state index contributed by atoms with van der Waals surface area (Å²) in [6.07, 6.45) is 2.78. The van der Waals surface area contributed by atoms with Gasteiger partial charge in [-0.3, -0.25) is 0 Å². The third kappa shape index (κ3) is 3.13. The molecule has 0 aliphatic rings. The minimum atomic E-state index is 0.478. The van der Waals surface area contributed by atoms with Gasteiger partial charge in [0.2, 0.25) is 5.88 Å². The Bertz CT molecular complexity index is 488. The molecule has 3 nitrogen and oxygen atoms in total. The van der Waals surface area contributed by atoms with Gasteiger partial charge in [0.1, 0.15) is 0 Å². The Kier molecular flexibility index (Phi) is 4.03. The van der Waals surface area contributed by atoms with Crippen molar-refractivity contribution >= 4 is 5.88 Å². The molecule has 0 radical (unpaired) electrons. The summed E-state index contributed by atoms with van der Waals surface area (Å²) >= 11 is 0. The third-order valence-corrected chi connectivity index (χ3v) is 3.01.